The van der Waals surface area contributed by atoms with Gasteiger partial charge in [-0.3, -0.25) is 0 Å². The number of alkyl halides is 1. The lowest BCUT2D eigenvalue weighted by atomic mass is 9.78. The second-order valence-corrected chi connectivity index (χ2v) is 7.48. The minimum Gasteiger partial charge on any atom is -0.345 e. The van der Waals surface area contributed by atoms with Gasteiger partial charge in [0.05, 0.1) is 13.2 Å². The maximum Gasteiger partial charge on any atom is 0.184 e. The minimum atomic E-state index is -1.42. The van der Waals surface area contributed by atoms with Crippen molar-refractivity contribution in [3.63, 3.8) is 0 Å². The Labute approximate surface area is 149 Å². The third-order valence-corrected chi connectivity index (χ3v) is 5.53. The van der Waals surface area contributed by atoms with Gasteiger partial charge in [-0.15, -0.1) is 6.58 Å². The molecule has 2 nitrogen and oxygen atoms in total. The van der Waals surface area contributed by atoms with Gasteiger partial charge < -0.3 is 9.47 Å². The van der Waals surface area contributed by atoms with Gasteiger partial charge in [0, 0.05) is 5.56 Å². The van der Waals surface area contributed by atoms with Crippen molar-refractivity contribution in [2.24, 2.45) is 5.92 Å². The van der Waals surface area contributed by atoms with Crippen molar-refractivity contribution in [3.8, 4) is 0 Å². The van der Waals surface area contributed by atoms with Crippen molar-refractivity contribution < 1.29 is 18.3 Å². The van der Waals surface area contributed by atoms with Gasteiger partial charge >= 0.3 is 0 Å². The summed E-state index contributed by atoms with van der Waals surface area (Å²) in [6.07, 6.45) is 6.61. The summed E-state index contributed by atoms with van der Waals surface area (Å²) in [5.74, 6) is 0.616. The summed E-state index contributed by atoms with van der Waals surface area (Å²) in [5.41, 5.74) is -0.0273. The van der Waals surface area contributed by atoms with E-state index in [0.717, 1.165) is 37.7 Å². The highest BCUT2D eigenvalue weighted by Crippen LogP contribution is 2.38. The van der Waals surface area contributed by atoms with Gasteiger partial charge in [-0.25, -0.2) is 8.78 Å². The number of ether oxygens (including phenoxy) is 2. The Bertz CT molecular complexity index is 586. The summed E-state index contributed by atoms with van der Waals surface area (Å²) >= 11 is 0. The van der Waals surface area contributed by atoms with Gasteiger partial charge in [-0.05, 0) is 55.6 Å². The van der Waals surface area contributed by atoms with Gasteiger partial charge in [0.25, 0.3) is 0 Å². The molecular formula is C21H28F2O2. The van der Waals surface area contributed by atoms with Crippen LogP contribution in [-0.4, -0.2) is 18.9 Å². The molecule has 1 saturated carbocycles. The van der Waals surface area contributed by atoms with Crippen molar-refractivity contribution in [3.05, 3.63) is 47.8 Å². The zero-order valence-corrected chi connectivity index (χ0v) is 15.0. The molecule has 1 aliphatic heterocycles. The molecule has 1 saturated heterocycles. The predicted octanol–water partition coefficient (Wildman–Crippen LogP) is 5.84. The van der Waals surface area contributed by atoms with Gasteiger partial charge in [-0.1, -0.05) is 31.6 Å². The minimum absolute atomic E-state index is 0.000440. The van der Waals surface area contributed by atoms with Gasteiger partial charge in [0.1, 0.15) is 5.82 Å². The molecule has 2 aliphatic rings. The molecule has 0 bridgehead atoms. The van der Waals surface area contributed by atoms with Crippen LogP contribution >= 0.6 is 0 Å². The molecule has 25 heavy (non-hydrogen) atoms. The van der Waals surface area contributed by atoms with Crippen molar-refractivity contribution >= 4 is 0 Å². The zero-order valence-electron chi connectivity index (χ0n) is 15.0. The fourth-order valence-electron chi connectivity index (χ4n) is 4.01. The van der Waals surface area contributed by atoms with Crippen LogP contribution in [0.1, 0.15) is 68.8 Å². The highest BCUT2D eigenvalue weighted by atomic mass is 19.1. The largest absolute Gasteiger partial charge is 0.345 e. The molecule has 2 fully saturated rings. The van der Waals surface area contributed by atoms with Crippen LogP contribution in [0.2, 0.25) is 0 Å². The monoisotopic (exact) mass is 350 g/mol. The highest BCUT2D eigenvalue weighted by molar-refractivity contribution is 5.28. The zero-order chi connectivity index (χ0) is 17.9. The molecule has 0 amide bonds. The first kappa shape index (κ1) is 18.5. The van der Waals surface area contributed by atoms with Gasteiger partial charge in [0.2, 0.25) is 0 Å². The van der Waals surface area contributed by atoms with Crippen LogP contribution in [-0.2, 0) is 9.47 Å². The lowest BCUT2D eigenvalue weighted by Crippen LogP contribution is -2.41. The second-order valence-electron chi connectivity index (χ2n) is 7.48. The summed E-state index contributed by atoms with van der Waals surface area (Å²) in [6.45, 7) is 5.79. The fourth-order valence-corrected chi connectivity index (χ4v) is 4.01. The smallest absolute Gasteiger partial charge is 0.184 e. The number of hydrogen-bond acceptors (Lipinski definition) is 2. The molecule has 0 N–H and O–H groups in total. The Morgan fingerprint density at radius 1 is 1.20 bits per heavy atom. The molecule has 0 spiro atoms. The first-order valence-electron chi connectivity index (χ1n) is 9.38. The molecular weight excluding hydrogens is 322 g/mol. The van der Waals surface area contributed by atoms with Crippen molar-refractivity contribution in [2.75, 3.05) is 13.2 Å². The average Bonchev–Trinajstić information content (AvgIpc) is 2.62. The van der Waals surface area contributed by atoms with Crippen LogP contribution in [0.5, 0.6) is 0 Å². The first-order valence-corrected chi connectivity index (χ1v) is 9.38. The maximum absolute atomic E-state index is 14.6. The Balaban J connectivity index is 1.64. The number of rotatable bonds is 5. The molecule has 0 aromatic heterocycles. The average molecular weight is 350 g/mol. The lowest BCUT2D eigenvalue weighted by Gasteiger charge is -2.34. The maximum atomic E-state index is 14.6. The topological polar surface area (TPSA) is 18.5 Å². The van der Waals surface area contributed by atoms with E-state index in [1.54, 1.807) is 0 Å². The van der Waals surface area contributed by atoms with E-state index in [1.165, 1.54) is 6.07 Å². The Hall–Kier alpha value is -1.26. The van der Waals surface area contributed by atoms with Crippen molar-refractivity contribution in [1.82, 2.24) is 0 Å². The highest BCUT2D eigenvalue weighted by Gasteiger charge is 2.37. The molecule has 3 rings (SSSR count). The number of allylic oxidation sites excluding steroid dienone is 1. The summed E-state index contributed by atoms with van der Waals surface area (Å²) in [6, 6.07) is 5.19. The van der Waals surface area contributed by atoms with Crippen LogP contribution in [0, 0.1) is 11.7 Å². The normalized spacial score (nSPS) is 33.2. The van der Waals surface area contributed by atoms with Crippen LogP contribution in [0.15, 0.2) is 30.9 Å². The molecule has 0 unspecified atom stereocenters. The van der Waals surface area contributed by atoms with Crippen molar-refractivity contribution in [2.45, 2.75) is 63.3 Å². The van der Waals surface area contributed by atoms with E-state index < -0.39 is 12.0 Å². The van der Waals surface area contributed by atoms with Gasteiger partial charge in [-0.2, -0.15) is 0 Å². The van der Waals surface area contributed by atoms with Gasteiger partial charge in [0.15, 0.2) is 12.0 Å². The van der Waals surface area contributed by atoms with E-state index in [-0.39, 0.29) is 24.9 Å². The lowest BCUT2D eigenvalue weighted by molar-refractivity contribution is -0.239. The summed E-state index contributed by atoms with van der Waals surface area (Å²) in [5, 5.41) is 0. The number of halogens is 2. The van der Waals surface area contributed by atoms with Crippen LogP contribution in [0.3, 0.4) is 0 Å². The standard InChI is InChI=1S/C21H28F2O2/c1-3-11-21(23)13-24-20(25-14-21)17-9-10-18(19(22)12-17)16-7-5-15(4-2)6-8-16/h4,9-10,12,15-16,20H,2-3,5-8,11,13-14H2,1H3. The predicted molar refractivity (Wildman–Crippen MR) is 94.7 cm³/mol. The van der Waals surface area contributed by atoms with E-state index in [4.69, 9.17) is 9.47 Å². The third-order valence-electron chi connectivity index (χ3n) is 5.53. The molecule has 1 heterocycles. The van der Waals surface area contributed by atoms with E-state index in [9.17, 15) is 8.78 Å². The second kappa shape index (κ2) is 7.96. The summed E-state index contributed by atoms with van der Waals surface area (Å²) in [7, 11) is 0. The molecule has 1 aromatic rings. The Morgan fingerprint density at radius 2 is 1.88 bits per heavy atom. The van der Waals surface area contributed by atoms with Crippen LogP contribution in [0.4, 0.5) is 8.78 Å². The number of hydrogen-bond donors (Lipinski definition) is 0. The Morgan fingerprint density at radius 3 is 2.44 bits per heavy atom. The molecule has 0 atom stereocenters. The van der Waals surface area contributed by atoms with E-state index >= 15 is 0 Å². The fraction of sp³-hybridized carbons (Fsp3) is 0.619. The third kappa shape index (κ3) is 4.29. The summed E-state index contributed by atoms with van der Waals surface area (Å²) < 4.78 is 40.1. The molecule has 1 aromatic carbocycles. The number of benzene rings is 1. The Kier molecular flexibility index (Phi) is 5.90. The van der Waals surface area contributed by atoms with E-state index in [1.807, 2.05) is 25.1 Å². The molecule has 138 valence electrons. The quantitative estimate of drug-likeness (QED) is 0.621. The molecule has 1 aliphatic carbocycles. The SMILES string of the molecule is C=CC1CCC(c2ccc(C3OCC(F)(CCC)CO3)cc2F)CC1. The van der Waals surface area contributed by atoms with Crippen LogP contribution in [0.25, 0.3) is 0 Å². The van der Waals surface area contributed by atoms with Crippen molar-refractivity contribution in [1.29, 1.82) is 0 Å². The summed E-state index contributed by atoms with van der Waals surface area (Å²) in [4.78, 5) is 0. The van der Waals surface area contributed by atoms with Crippen LogP contribution < -0.4 is 0 Å². The molecule has 4 heteroatoms. The molecule has 0 radical (unpaired) electrons. The van der Waals surface area contributed by atoms with E-state index in [2.05, 4.69) is 6.58 Å². The van der Waals surface area contributed by atoms with E-state index in [0.29, 0.717) is 17.9 Å². The first-order chi connectivity index (χ1) is 12.0.